The fourth-order valence-electron chi connectivity index (χ4n) is 3.78. The molecule has 0 aromatic rings. The van der Waals surface area contributed by atoms with Gasteiger partial charge in [-0.3, -0.25) is 0 Å². The molecule has 1 N–H and O–H groups in total. The third-order valence-corrected chi connectivity index (χ3v) is 4.83. The van der Waals surface area contributed by atoms with E-state index in [9.17, 15) is 5.11 Å². The van der Waals surface area contributed by atoms with Crippen LogP contribution in [0.15, 0.2) is 0 Å². The molecule has 0 aliphatic carbocycles. The van der Waals surface area contributed by atoms with Crippen LogP contribution in [0.4, 0.5) is 0 Å². The minimum atomic E-state index is -0.000116. The van der Waals surface area contributed by atoms with E-state index in [0.29, 0.717) is 0 Å². The van der Waals surface area contributed by atoms with Crippen LogP contribution in [0, 0.1) is 0 Å². The zero-order valence-corrected chi connectivity index (χ0v) is 10.3. The Kier molecular flexibility index (Phi) is 3.36. The number of fused-ring (bicyclic) bond motifs is 2. The van der Waals surface area contributed by atoms with Gasteiger partial charge in [-0.1, -0.05) is 13.3 Å². The summed E-state index contributed by atoms with van der Waals surface area (Å²) in [7, 11) is 2.43. The normalized spacial score (nSPS) is 44.6. The maximum absolute atomic E-state index is 9.78. The van der Waals surface area contributed by atoms with E-state index in [4.69, 9.17) is 0 Å². The second-order valence-electron chi connectivity index (χ2n) is 5.79. The molecule has 0 radical (unpaired) electrons. The predicted molar refractivity (Wildman–Crippen MR) is 62.6 cm³/mol. The Morgan fingerprint density at radius 1 is 1.13 bits per heavy atom. The number of hydrogen-bond donors (Lipinski definition) is 1. The van der Waals surface area contributed by atoms with Gasteiger partial charge in [-0.05, 0) is 12.8 Å². The summed E-state index contributed by atoms with van der Waals surface area (Å²) in [5.74, 6) is 0. The minimum Gasteiger partial charge on any atom is -0.393 e. The molecule has 2 nitrogen and oxygen atoms in total. The summed E-state index contributed by atoms with van der Waals surface area (Å²) in [5.41, 5.74) is 0. The fourth-order valence-corrected chi connectivity index (χ4v) is 3.78. The van der Waals surface area contributed by atoms with Gasteiger partial charge in [-0.15, -0.1) is 0 Å². The average molecular weight is 212 g/mol. The monoisotopic (exact) mass is 212 g/mol. The zero-order chi connectivity index (χ0) is 10.9. The molecule has 2 atom stereocenters. The summed E-state index contributed by atoms with van der Waals surface area (Å²) in [6.07, 6.45) is 8.87. The number of aliphatic hydroxyl groups is 1. The molecule has 0 aromatic carbocycles. The molecule has 88 valence electrons. The van der Waals surface area contributed by atoms with Crippen LogP contribution in [0.1, 0.15) is 51.9 Å². The summed E-state index contributed by atoms with van der Waals surface area (Å²) in [4.78, 5) is 0. The molecule has 0 saturated carbocycles. The molecule has 2 aliphatic rings. The largest absolute Gasteiger partial charge is 0.393 e. The zero-order valence-electron chi connectivity index (χ0n) is 10.3. The predicted octanol–water partition coefficient (Wildman–Crippen LogP) is 2.31. The molecule has 2 fully saturated rings. The van der Waals surface area contributed by atoms with Crippen molar-refractivity contribution in [3.63, 3.8) is 0 Å². The second-order valence-corrected chi connectivity index (χ2v) is 5.79. The lowest BCUT2D eigenvalue weighted by atomic mass is 9.96. The first kappa shape index (κ1) is 11.4. The molecule has 0 aromatic heterocycles. The van der Waals surface area contributed by atoms with Crippen LogP contribution in [0.2, 0.25) is 0 Å². The van der Waals surface area contributed by atoms with Crippen LogP contribution in [-0.2, 0) is 0 Å². The highest BCUT2D eigenvalue weighted by atomic mass is 16.3. The molecule has 15 heavy (non-hydrogen) atoms. The van der Waals surface area contributed by atoms with E-state index in [-0.39, 0.29) is 6.10 Å². The fraction of sp³-hybridized carbons (Fsp3) is 1.00. The van der Waals surface area contributed by atoms with Crippen molar-refractivity contribution in [3.05, 3.63) is 0 Å². The Morgan fingerprint density at radius 2 is 1.73 bits per heavy atom. The van der Waals surface area contributed by atoms with Gasteiger partial charge in [-0.25, -0.2) is 0 Å². The topological polar surface area (TPSA) is 20.2 Å². The van der Waals surface area contributed by atoms with Crippen molar-refractivity contribution in [3.8, 4) is 0 Å². The Balaban J connectivity index is 1.96. The molecule has 2 heteroatoms. The van der Waals surface area contributed by atoms with E-state index < -0.39 is 0 Å². The number of aliphatic hydroxyl groups excluding tert-OH is 1. The lowest BCUT2D eigenvalue weighted by Gasteiger charge is -2.46. The summed E-state index contributed by atoms with van der Waals surface area (Å²) in [6.45, 7) is 3.62. The van der Waals surface area contributed by atoms with Gasteiger partial charge in [0, 0.05) is 25.7 Å². The van der Waals surface area contributed by atoms with Crippen molar-refractivity contribution in [1.82, 2.24) is 0 Å². The van der Waals surface area contributed by atoms with Crippen LogP contribution >= 0.6 is 0 Å². The quantitative estimate of drug-likeness (QED) is 0.560. The summed E-state index contributed by atoms with van der Waals surface area (Å²) >= 11 is 0. The molecule has 0 spiro atoms. The second kappa shape index (κ2) is 4.42. The van der Waals surface area contributed by atoms with Crippen LogP contribution < -0.4 is 0 Å². The van der Waals surface area contributed by atoms with E-state index >= 15 is 0 Å². The van der Waals surface area contributed by atoms with Crippen molar-refractivity contribution in [2.45, 2.75) is 70.1 Å². The molecular weight excluding hydrogens is 186 g/mol. The molecule has 2 bridgehead atoms. The number of rotatable bonds is 4. The van der Waals surface area contributed by atoms with Crippen LogP contribution in [-0.4, -0.2) is 41.4 Å². The first-order chi connectivity index (χ1) is 7.16. The number of hydrogen-bond acceptors (Lipinski definition) is 1. The van der Waals surface area contributed by atoms with Crippen molar-refractivity contribution in [2.75, 3.05) is 13.6 Å². The first-order valence-corrected chi connectivity index (χ1v) is 6.69. The van der Waals surface area contributed by atoms with E-state index in [0.717, 1.165) is 24.9 Å². The lowest BCUT2D eigenvalue weighted by molar-refractivity contribution is -0.949. The molecule has 2 unspecified atom stereocenters. The van der Waals surface area contributed by atoms with Gasteiger partial charge in [0.25, 0.3) is 0 Å². The Labute approximate surface area is 93.9 Å². The van der Waals surface area contributed by atoms with Crippen molar-refractivity contribution < 1.29 is 9.59 Å². The molecule has 2 saturated heterocycles. The van der Waals surface area contributed by atoms with Crippen molar-refractivity contribution >= 4 is 0 Å². The summed E-state index contributed by atoms with van der Waals surface area (Å²) in [5, 5.41) is 9.78. The third kappa shape index (κ3) is 2.07. The van der Waals surface area contributed by atoms with Gasteiger partial charge in [0.15, 0.2) is 0 Å². The highest BCUT2D eigenvalue weighted by Crippen LogP contribution is 2.41. The number of nitrogens with zero attached hydrogens (tertiary/aromatic N) is 1. The maximum atomic E-state index is 9.78. The molecular formula is C13H26NO+. The molecule has 2 rings (SSSR count). The number of quaternary nitrogens is 1. The smallest absolute Gasteiger partial charge is 0.0917 e. The van der Waals surface area contributed by atoms with Gasteiger partial charge < -0.3 is 9.59 Å². The van der Waals surface area contributed by atoms with Gasteiger partial charge >= 0.3 is 0 Å². The highest BCUT2D eigenvalue weighted by Gasteiger charge is 2.50. The average Bonchev–Trinajstić information content (AvgIpc) is 2.40. The maximum Gasteiger partial charge on any atom is 0.0917 e. The molecule has 2 heterocycles. The summed E-state index contributed by atoms with van der Waals surface area (Å²) < 4.78 is 1.27. The van der Waals surface area contributed by atoms with Gasteiger partial charge in [0.05, 0.1) is 31.8 Å². The minimum absolute atomic E-state index is 0.000116. The molecule has 2 aliphatic heterocycles. The van der Waals surface area contributed by atoms with Crippen LogP contribution in [0.3, 0.4) is 0 Å². The van der Waals surface area contributed by atoms with E-state index in [1.54, 1.807) is 0 Å². The van der Waals surface area contributed by atoms with E-state index in [1.165, 1.54) is 43.1 Å². The number of piperidine rings is 1. The van der Waals surface area contributed by atoms with Gasteiger partial charge in [-0.2, -0.15) is 0 Å². The first-order valence-electron chi connectivity index (χ1n) is 6.69. The third-order valence-electron chi connectivity index (χ3n) is 4.83. The van der Waals surface area contributed by atoms with Crippen molar-refractivity contribution in [1.29, 1.82) is 0 Å². The van der Waals surface area contributed by atoms with Gasteiger partial charge in [0.1, 0.15) is 0 Å². The summed E-state index contributed by atoms with van der Waals surface area (Å²) in [6, 6.07) is 1.52. The number of unbranched alkanes of at least 4 members (excludes halogenated alkanes) is 2. The standard InChI is InChI=1S/C13H26NO/c1-3-4-5-8-14(2)11-6-7-12(14)10-13(15)9-11/h11-13,15H,3-10H2,1-2H3/q+1. The van der Waals surface area contributed by atoms with Crippen LogP contribution in [0.5, 0.6) is 0 Å². The van der Waals surface area contributed by atoms with Crippen LogP contribution in [0.25, 0.3) is 0 Å². The van der Waals surface area contributed by atoms with E-state index in [1.807, 2.05) is 0 Å². The van der Waals surface area contributed by atoms with Crippen molar-refractivity contribution in [2.24, 2.45) is 0 Å². The Morgan fingerprint density at radius 3 is 2.27 bits per heavy atom. The highest BCUT2D eigenvalue weighted by molar-refractivity contribution is 4.85. The Hall–Kier alpha value is -0.0800. The lowest BCUT2D eigenvalue weighted by Crippen LogP contribution is -2.58. The van der Waals surface area contributed by atoms with E-state index in [2.05, 4.69) is 14.0 Å². The Bertz CT molecular complexity index is 203. The molecule has 0 amide bonds. The van der Waals surface area contributed by atoms with Gasteiger partial charge in [0.2, 0.25) is 0 Å². The SMILES string of the molecule is CCCCC[N+]1(C)C2CCC1CC(O)C2.